The fourth-order valence-electron chi connectivity index (χ4n) is 1.17. The second kappa shape index (κ2) is 4.65. The number of H-pyrrole nitrogens is 1. The van der Waals surface area contributed by atoms with Gasteiger partial charge in [0, 0.05) is 28.2 Å². The Morgan fingerprint density at radius 2 is 2.21 bits per heavy atom. The molecule has 0 aliphatic heterocycles. The van der Waals surface area contributed by atoms with Crippen LogP contribution < -0.4 is 5.56 Å². The number of hydrogen-bond acceptors (Lipinski definition) is 2. The van der Waals surface area contributed by atoms with Gasteiger partial charge in [-0.25, -0.2) is 8.78 Å². The van der Waals surface area contributed by atoms with Crippen molar-refractivity contribution < 1.29 is 13.9 Å². The van der Waals surface area contributed by atoms with E-state index >= 15 is 0 Å². The molecule has 0 aliphatic rings. The Balaban J connectivity index is 3.44. The summed E-state index contributed by atoms with van der Waals surface area (Å²) in [4.78, 5) is 13.4. The lowest BCUT2D eigenvalue weighted by atomic mass is 10.1. The van der Waals surface area contributed by atoms with Crippen LogP contribution in [0, 0.1) is 0 Å². The van der Waals surface area contributed by atoms with Gasteiger partial charge in [0.05, 0.1) is 6.61 Å². The normalized spacial score (nSPS) is 10.9. The molecule has 2 N–H and O–H groups in total. The van der Waals surface area contributed by atoms with Gasteiger partial charge in [-0.05, 0) is 0 Å². The van der Waals surface area contributed by atoms with Crippen LogP contribution in [0.5, 0.6) is 0 Å². The molecule has 0 bridgehead atoms. The Labute approximate surface area is 86.9 Å². The minimum absolute atomic E-state index is 0.0356. The third kappa shape index (κ3) is 2.01. The Kier molecular flexibility index (Phi) is 3.77. The summed E-state index contributed by atoms with van der Waals surface area (Å²) in [6.45, 7) is -0.517. The van der Waals surface area contributed by atoms with Crippen molar-refractivity contribution in [2.45, 2.75) is 18.4 Å². The van der Waals surface area contributed by atoms with Crippen LogP contribution in [-0.2, 0) is 11.9 Å². The van der Waals surface area contributed by atoms with E-state index in [-0.39, 0.29) is 22.0 Å². The monoisotopic (exact) mass is 267 g/mol. The first-order valence-electron chi connectivity index (χ1n) is 3.80. The Morgan fingerprint density at radius 3 is 2.64 bits per heavy atom. The molecule has 0 radical (unpaired) electrons. The van der Waals surface area contributed by atoms with Crippen molar-refractivity contribution in [3.05, 3.63) is 33.2 Å². The lowest BCUT2D eigenvalue weighted by Gasteiger charge is -2.09. The van der Waals surface area contributed by atoms with Crippen LogP contribution in [0.4, 0.5) is 8.78 Å². The molecule has 78 valence electrons. The second-order valence-corrected chi connectivity index (χ2v) is 3.19. The summed E-state index contributed by atoms with van der Waals surface area (Å²) in [5, 5.41) is 8.85. The second-order valence-electron chi connectivity index (χ2n) is 2.63. The van der Waals surface area contributed by atoms with Gasteiger partial charge in [-0.2, -0.15) is 0 Å². The standard InChI is InChI=1S/C8H8BrF2NO2/c9-1-5-6(7(10)11)4(3-13)2-12-8(5)14/h2,7,13H,1,3H2,(H,12,14). The summed E-state index contributed by atoms with van der Waals surface area (Å²) in [7, 11) is 0. The maximum atomic E-state index is 12.6. The quantitative estimate of drug-likeness (QED) is 0.820. The van der Waals surface area contributed by atoms with Gasteiger partial charge >= 0.3 is 0 Å². The van der Waals surface area contributed by atoms with E-state index < -0.39 is 18.6 Å². The molecule has 14 heavy (non-hydrogen) atoms. The maximum absolute atomic E-state index is 12.6. The summed E-state index contributed by atoms with van der Waals surface area (Å²) < 4.78 is 25.1. The number of halogens is 3. The van der Waals surface area contributed by atoms with Crippen molar-refractivity contribution in [2.75, 3.05) is 0 Å². The molecule has 1 aromatic rings. The topological polar surface area (TPSA) is 53.1 Å². The first-order valence-corrected chi connectivity index (χ1v) is 4.92. The number of aromatic nitrogens is 1. The molecule has 0 saturated carbocycles. The molecule has 0 fully saturated rings. The van der Waals surface area contributed by atoms with E-state index in [9.17, 15) is 13.6 Å². The number of aromatic amines is 1. The predicted octanol–water partition coefficient (Wildman–Crippen LogP) is 1.70. The number of alkyl halides is 3. The van der Waals surface area contributed by atoms with Crippen molar-refractivity contribution in [2.24, 2.45) is 0 Å². The molecule has 0 aromatic carbocycles. The molecule has 0 amide bonds. The predicted molar refractivity (Wildman–Crippen MR) is 50.6 cm³/mol. The van der Waals surface area contributed by atoms with E-state index in [1.54, 1.807) is 0 Å². The van der Waals surface area contributed by atoms with Gasteiger partial charge in [-0.1, -0.05) is 15.9 Å². The van der Waals surface area contributed by atoms with Crippen LogP contribution in [0.25, 0.3) is 0 Å². The lowest BCUT2D eigenvalue weighted by molar-refractivity contribution is 0.146. The van der Waals surface area contributed by atoms with Crippen molar-refractivity contribution in [1.82, 2.24) is 4.98 Å². The van der Waals surface area contributed by atoms with Crippen LogP contribution in [0.1, 0.15) is 23.1 Å². The Morgan fingerprint density at radius 1 is 1.57 bits per heavy atom. The third-order valence-electron chi connectivity index (χ3n) is 1.84. The third-order valence-corrected chi connectivity index (χ3v) is 2.41. The fraction of sp³-hybridized carbons (Fsp3) is 0.375. The van der Waals surface area contributed by atoms with Crippen molar-refractivity contribution in [3.63, 3.8) is 0 Å². The van der Waals surface area contributed by atoms with Gasteiger partial charge in [0.15, 0.2) is 0 Å². The largest absolute Gasteiger partial charge is 0.392 e. The molecule has 3 nitrogen and oxygen atoms in total. The average Bonchev–Trinajstić information content (AvgIpc) is 2.17. The van der Waals surface area contributed by atoms with Crippen LogP contribution >= 0.6 is 15.9 Å². The number of rotatable bonds is 3. The van der Waals surface area contributed by atoms with Gasteiger partial charge in [0.1, 0.15) is 0 Å². The highest BCUT2D eigenvalue weighted by Gasteiger charge is 2.19. The zero-order valence-electron chi connectivity index (χ0n) is 7.06. The van der Waals surface area contributed by atoms with Gasteiger partial charge in [-0.15, -0.1) is 0 Å². The van der Waals surface area contributed by atoms with E-state index in [0.717, 1.165) is 6.20 Å². The summed E-state index contributed by atoms with van der Waals surface area (Å²) >= 11 is 2.96. The van der Waals surface area contributed by atoms with Crippen LogP contribution in [0.15, 0.2) is 11.0 Å². The van der Waals surface area contributed by atoms with Crippen molar-refractivity contribution >= 4 is 15.9 Å². The van der Waals surface area contributed by atoms with Crippen LogP contribution in [0.2, 0.25) is 0 Å². The number of aliphatic hydroxyl groups is 1. The summed E-state index contributed by atoms with van der Waals surface area (Å²) in [6.07, 6.45) is -1.65. The number of nitrogens with one attached hydrogen (secondary N) is 1. The van der Waals surface area contributed by atoms with E-state index in [2.05, 4.69) is 20.9 Å². The highest BCUT2D eigenvalue weighted by molar-refractivity contribution is 9.08. The van der Waals surface area contributed by atoms with Gasteiger partial charge < -0.3 is 10.1 Å². The fourth-order valence-corrected chi connectivity index (χ4v) is 1.73. The highest BCUT2D eigenvalue weighted by Crippen LogP contribution is 2.25. The van der Waals surface area contributed by atoms with Crippen LogP contribution in [-0.4, -0.2) is 10.1 Å². The van der Waals surface area contributed by atoms with Crippen LogP contribution in [0.3, 0.4) is 0 Å². The minimum atomic E-state index is -2.76. The molecular formula is C8H8BrF2NO2. The van der Waals surface area contributed by atoms with Gasteiger partial charge in [0.25, 0.3) is 12.0 Å². The molecule has 0 unspecified atom stereocenters. The first kappa shape index (κ1) is 11.3. The van der Waals surface area contributed by atoms with Gasteiger partial charge in [0.2, 0.25) is 0 Å². The van der Waals surface area contributed by atoms with Crippen molar-refractivity contribution in [3.8, 4) is 0 Å². The molecule has 1 aromatic heterocycles. The summed E-state index contributed by atoms with van der Waals surface area (Å²) in [6, 6.07) is 0. The average molecular weight is 268 g/mol. The summed E-state index contributed by atoms with van der Waals surface area (Å²) in [5.41, 5.74) is -0.928. The number of hydrogen-bond donors (Lipinski definition) is 2. The van der Waals surface area contributed by atoms with Gasteiger partial charge in [-0.3, -0.25) is 4.79 Å². The molecule has 1 rings (SSSR count). The van der Waals surface area contributed by atoms with E-state index in [1.807, 2.05) is 0 Å². The summed E-state index contributed by atoms with van der Waals surface area (Å²) in [5.74, 6) is 0. The minimum Gasteiger partial charge on any atom is -0.392 e. The first-order chi connectivity index (χ1) is 6.61. The maximum Gasteiger partial charge on any atom is 0.264 e. The lowest BCUT2D eigenvalue weighted by Crippen LogP contribution is -2.16. The number of pyridine rings is 1. The number of aliphatic hydroxyl groups excluding tert-OH is 1. The molecule has 0 aliphatic carbocycles. The highest BCUT2D eigenvalue weighted by atomic mass is 79.9. The van der Waals surface area contributed by atoms with E-state index in [4.69, 9.17) is 5.11 Å². The Bertz CT molecular complexity index is 378. The van der Waals surface area contributed by atoms with E-state index in [0.29, 0.717) is 0 Å². The SMILES string of the molecule is O=c1[nH]cc(CO)c(C(F)F)c1CBr. The molecule has 0 saturated heterocycles. The molecular weight excluding hydrogens is 260 g/mol. The zero-order valence-corrected chi connectivity index (χ0v) is 8.64. The molecule has 0 spiro atoms. The molecule has 1 heterocycles. The smallest absolute Gasteiger partial charge is 0.264 e. The molecule has 6 heteroatoms. The Hall–Kier alpha value is -0.750. The van der Waals surface area contributed by atoms with E-state index in [1.165, 1.54) is 0 Å². The molecule has 0 atom stereocenters. The van der Waals surface area contributed by atoms with Crippen molar-refractivity contribution in [1.29, 1.82) is 0 Å². The zero-order chi connectivity index (χ0) is 10.7.